The normalized spacial score (nSPS) is 12.3. The van der Waals surface area contributed by atoms with Crippen molar-refractivity contribution in [2.75, 3.05) is 7.11 Å². The molecule has 5 nitrogen and oxygen atoms in total. The lowest BCUT2D eigenvalue weighted by Gasteiger charge is -2.20. The van der Waals surface area contributed by atoms with Crippen LogP contribution in [0.4, 0.5) is 0 Å². The Kier molecular flexibility index (Phi) is 2.36. The zero-order valence-electron chi connectivity index (χ0n) is 8.73. The summed E-state index contributed by atoms with van der Waals surface area (Å²) >= 11 is 5.75. The minimum absolute atomic E-state index is 0.400. The zero-order chi connectivity index (χ0) is 11.1. The van der Waals surface area contributed by atoms with E-state index in [0.29, 0.717) is 16.6 Å². The molecule has 0 saturated heterocycles. The van der Waals surface area contributed by atoms with Gasteiger partial charge >= 0.3 is 0 Å². The van der Waals surface area contributed by atoms with E-state index in [1.54, 1.807) is 23.9 Å². The first-order valence-corrected chi connectivity index (χ1v) is 4.84. The molecule has 0 radical (unpaired) electrons. The van der Waals surface area contributed by atoms with Gasteiger partial charge in [0.1, 0.15) is 17.1 Å². The molecule has 2 aromatic rings. The van der Waals surface area contributed by atoms with Crippen LogP contribution >= 0.6 is 11.6 Å². The predicted octanol–water partition coefficient (Wildman–Crippen LogP) is 1.66. The van der Waals surface area contributed by atoms with Crippen molar-refractivity contribution >= 4 is 17.2 Å². The summed E-state index contributed by atoms with van der Waals surface area (Å²) < 4.78 is 7.10. The van der Waals surface area contributed by atoms with E-state index in [1.807, 2.05) is 13.8 Å². The van der Waals surface area contributed by atoms with Gasteiger partial charge in [-0.1, -0.05) is 11.6 Å². The molecule has 2 rings (SSSR count). The zero-order valence-corrected chi connectivity index (χ0v) is 9.49. The largest absolute Gasteiger partial charge is 0.371 e. The van der Waals surface area contributed by atoms with Gasteiger partial charge in [0.2, 0.25) is 0 Å². The van der Waals surface area contributed by atoms with E-state index in [2.05, 4.69) is 15.2 Å². The van der Waals surface area contributed by atoms with E-state index in [1.165, 1.54) is 0 Å². The second-order valence-corrected chi connectivity index (χ2v) is 4.07. The van der Waals surface area contributed by atoms with E-state index in [0.717, 1.165) is 0 Å². The Morgan fingerprint density at radius 1 is 1.40 bits per heavy atom. The molecule has 0 unspecified atom stereocenters. The molecule has 0 aliphatic carbocycles. The van der Waals surface area contributed by atoms with Crippen molar-refractivity contribution in [2.24, 2.45) is 0 Å². The van der Waals surface area contributed by atoms with Crippen LogP contribution in [0.5, 0.6) is 0 Å². The molecule has 0 atom stereocenters. The monoisotopic (exact) mass is 226 g/mol. The van der Waals surface area contributed by atoms with Crippen molar-refractivity contribution in [1.29, 1.82) is 0 Å². The number of ether oxygens (including phenoxy) is 1. The van der Waals surface area contributed by atoms with E-state index in [4.69, 9.17) is 16.3 Å². The summed E-state index contributed by atoms with van der Waals surface area (Å²) in [7, 11) is 1.63. The molecule has 0 aliphatic rings. The number of hydrogen-bond acceptors (Lipinski definition) is 4. The molecular weight excluding hydrogens is 216 g/mol. The van der Waals surface area contributed by atoms with Crippen molar-refractivity contribution in [1.82, 2.24) is 19.6 Å². The number of nitrogens with zero attached hydrogens (tertiary/aromatic N) is 4. The summed E-state index contributed by atoms with van der Waals surface area (Å²) in [5, 5.41) is 8.47. The van der Waals surface area contributed by atoms with E-state index in [-0.39, 0.29) is 0 Å². The summed E-state index contributed by atoms with van der Waals surface area (Å²) in [5.41, 5.74) is 0.157. The molecule has 0 spiro atoms. The average molecular weight is 227 g/mol. The van der Waals surface area contributed by atoms with Gasteiger partial charge in [-0.25, -0.2) is 4.98 Å². The lowest BCUT2D eigenvalue weighted by Crippen LogP contribution is -2.23. The highest BCUT2D eigenvalue weighted by Gasteiger charge is 2.26. The van der Waals surface area contributed by atoms with Gasteiger partial charge in [0, 0.05) is 13.2 Å². The molecule has 0 amide bonds. The van der Waals surface area contributed by atoms with Crippen molar-refractivity contribution in [3.63, 3.8) is 0 Å². The van der Waals surface area contributed by atoms with Gasteiger partial charge in [-0.3, -0.25) is 4.40 Å². The third kappa shape index (κ3) is 1.68. The Hall–Kier alpha value is -1.20. The van der Waals surface area contributed by atoms with Gasteiger partial charge in [0.05, 0.1) is 0 Å². The molecule has 0 bridgehead atoms. The van der Waals surface area contributed by atoms with Crippen molar-refractivity contribution in [2.45, 2.75) is 19.4 Å². The van der Waals surface area contributed by atoms with Crippen LogP contribution in [0.15, 0.2) is 12.4 Å². The number of rotatable bonds is 2. The smallest absolute Gasteiger partial charge is 0.170 e. The molecule has 6 heteroatoms. The Balaban J connectivity index is 2.64. The maximum absolute atomic E-state index is 5.75. The highest BCUT2D eigenvalue weighted by atomic mass is 35.5. The number of aromatic nitrogens is 4. The first kappa shape index (κ1) is 10.3. The Morgan fingerprint density at radius 2 is 2.13 bits per heavy atom. The van der Waals surface area contributed by atoms with Crippen molar-refractivity contribution < 1.29 is 4.74 Å². The fraction of sp³-hybridized carbons (Fsp3) is 0.444. The molecular formula is C9H11ClN4O. The van der Waals surface area contributed by atoms with Crippen LogP contribution in [-0.4, -0.2) is 26.7 Å². The Bertz CT molecular complexity index is 494. The fourth-order valence-electron chi connectivity index (χ4n) is 1.27. The van der Waals surface area contributed by atoms with E-state index < -0.39 is 5.60 Å². The minimum atomic E-state index is -0.505. The molecule has 2 heterocycles. The van der Waals surface area contributed by atoms with Crippen molar-refractivity contribution in [3.05, 3.63) is 23.4 Å². The first-order chi connectivity index (χ1) is 7.04. The maximum Gasteiger partial charge on any atom is 0.170 e. The number of hydrogen-bond donors (Lipinski definition) is 0. The minimum Gasteiger partial charge on any atom is -0.371 e. The molecule has 15 heavy (non-hydrogen) atoms. The highest BCUT2D eigenvalue weighted by Crippen LogP contribution is 2.22. The number of halogens is 1. The summed E-state index contributed by atoms with van der Waals surface area (Å²) in [4.78, 5) is 3.98. The predicted molar refractivity (Wildman–Crippen MR) is 55.8 cm³/mol. The summed E-state index contributed by atoms with van der Waals surface area (Å²) in [6.07, 6.45) is 1.59. The number of methoxy groups -OCH3 is 1. The topological polar surface area (TPSA) is 52.3 Å². The van der Waals surface area contributed by atoms with Crippen LogP contribution in [0.25, 0.3) is 5.65 Å². The quantitative estimate of drug-likeness (QED) is 0.731. The van der Waals surface area contributed by atoms with Gasteiger partial charge in [0.25, 0.3) is 0 Å². The van der Waals surface area contributed by atoms with Crippen LogP contribution in [-0.2, 0) is 10.3 Å². The second-order valence-electron chi connectivity index (χ2n) is 3.68. The number of fused-ring (bicyclic) bond motifs is 1. The second kappa shape index (κ2) is 3.43. The Morgan fingerprint density at radius 3 is 2.80 bits per heavy atom. The Labute approximate surface area is 92.1 Å². The highest BCUT2D eigenvalue weighted by molar-refractivity contribution is 6.29. The third-order valence-electron chi connectivity index (χ3n) is 2.32. The van der Waals surface area contributed by atoms with Crippen molar-refractivity contribution in [3.8, 4) is 0 Å². The molecule has 0 aliphatic heterocycles. The van der Waals surface area contributed by atoms with E-state index >= 15 is 0 Å². The molecule has 80 valence electrons. The molecule has 0 N–H and O–H groups in total. The van der Waals surface area contributed by atoms with Gasteiger partial charge in [0.15, 0.2) is 11.5 Å². The van der Waals surface area contributed by atoms with E-state index in [9.17, 15) is 0 Å². The van der Waals surface area contributed by atoms with Gasteiger partial charge < -0.3 is 4.74 Å². The average Bonchev–Trinajstić information content (AvgIpc) is 2.61. The SMILES string of the molecule is COC(C)(C)c1nnc2cc(Cl)ncn12. The lowest BCUT2D eigenvalue weighted by atomic mass is 10.1. The van der Waals surface area contributed by atoms with Crippen LogP contribution < -0.4 is 0 Å². The molecule has 0 aromatic carbocycles. The van der Waals surface area contributed by atoms with Crippen LogP contribution in [0.2, 0.25) is 5.15 Å². The summed E-state index contributed by atoms with van der Waals surface area (Å²) in [6.45, 7) is 3.83. The third-order valence-corrected chi connectivity index (χ3v) is 2.52. The van der Waals surface area contributed by atoms with Crippen LogP contribution in [0, 0.1) is 0 Å². The van der Waals surface area contributed by atoms with Gasteiger partial charge in [-0.05, 0) is 13.8 Å². The lowest BCUT2D eigenvalue weighted by molar-refractivity contribution is 0.0106. The molecule has 0 saturated carbocycles. The molecule has 2 aromatic heterocycles. The van der Waals surface area contributed by atoms with Gasteiger partial charge in [-0.2, -0.15) is 0 Å². The van der Waals surface area contributed by atoms with Crippen LogP contribution in [0.3, 0.4) is 0 Å². The first-order valence-electron chi connectivity index (χ1n) is 4.46. The fourth-order valence-corrected chi connectivity index (χ4v) is 1.42. The summed E-state index contributed by atoms with van der Waals surface area (Å²) in [6, 6.07) is 1.66. The maximum atomic E-state index is 5.75. The standard InChI is InChI=1S/C9H11ClN4O/c1-9(2,15-3)8-13-12-7-4-6(10)11-5-14(7)8/h4-5H,1-3H3. The molecule has 0 fully saturated rings. The van der Waals surface area contributed by atoms with Gasteiger partial charge in [-0.15, -0.1) is 10.2 Å². The van der Waals surface area contributed by atoms with Crippen LogP contribution in [0.1, 0.15) is 19.7 Å². The summed E-state index contributed by atoms with van der Waals surface area (Å²) in [5.74, 6) is 0.698.